The molecule has 8 heteroatoms. The lowest BCUT2D eigenvalue weighted by atomic mass is 10.2. The molecule has 0 radical (unpaired) electrons. The molecule has 1 aromatic heterocycles. The standard InChI is InChI=1S/C11H14N6O2/c1-16-3-2-8(15-16)7-13-9-4-10(14-12)6-11(5-9)17(18)19/h2-6,13-14H,7,12H2,1H3. The average molecular weight is 262 g/mol. The third kappa shape index (κ3) is 3.19. The number of hydrogen-bond donors (Lipinski definition) is 3. The second-order valence-corrected chi connectivity index (χ2v) is 4.00. The predicted octanol–water partition coefficient (Wildman–Crippen LogP) is 1.23. The monoisotopic (exact) mass is 262 g/mol. The van der Waals surface area contributed by atoms with E-state index in [0.717, 1.165) is 5.69 Å². The fourth-order valence-electron chi connectivity index (χ4n) is 1.65. The van der Waals surface area contributed by atoms with Crippen molar-refractivity contribution in [2.75, 3.05) is 10.7 Å². The third-order valence-corrected chi connectivity index (χ3v) is 2.54. The topological polar surface area (TPSA) is 111 Å². The van der Waals surface area contributed by atoms with Crippen molar-refractivity contribution < 1.29 is 4.92 Å². The molecule has 100 valence electrons. The zero-order chi connectivity index (χ0) is 13.8. The number of nitro benzene ring substituents is 1. The molecular formula is C11H14N6O2. The largest absolute Gasteiger partial charge is 0.379 e. The number of aromatic nitrogens is 2. The van der Waals surface area contributed by atoms with Gasteiger partial charge in [-0.05, 0) is 12.1 Å². The Labute approximate surface area is 109 Å². The number of rotatable bonds is 5. The van der Waals surface area contributed by atoms with Crippen LogP contribution >= 0.6 is 0 Å². The zero-order valence-electron chi connectivity index (χ0n) is 10.3. The molecule has 2 rings (SSSR count). The minimum absolute atomic E-state index is 0.0287. The van der Waals surface area contributed by atoms with Crippen LogP contribution in [0, 0.1) is 10.1 Å². The van der Waals surface area contributed by atoms with E-state index >= 15 is 0 Å². The summed E-state index contributed by atoms with van der Waals surface area (Å²) in [6.45, 7) is 0.478. The summed E-state index contributed by atoms with van der Waals surface area (Å²) in [6, 6.07) is 6.37. The fourth-order valence-corrected chi connectivity index (χ4v) is 1.65. The van der Waals surface area contributed by atoms with Gasteiger partial charge in [0.2, 0.25) is 0 Å². The average Bonchev–Trinajstić information content (AvgIpc) is 2.81. The van der Waals surface area contributed by atoms with Gasteiger partial charge in [0.1, 0.15) is 0 Å². The lowest BCUT2D eigenvalue weighted by Crippen LogP contribution is -2.08. The van der Waals surface area contributed by atoms with E-state index in [2.05, 4.69) is 15.8 Å². The first-order valence-electron chi connectivity index (χ1n) is 5.57. The molecule has 0 saturated heterocycles. The Hall–Kier alpha value is -2.61. The molecule has 0 aliphatic heterocycles. The summed E-state index contributed by atoms with van der Waals surface area (Å²) < 4.78 is 1.69. The van der Waals surface area contributed by atoms with Gasteiger partial charge in [0.05, 0.1) is 22.8 Å². The highest BCUT2D eigenvalue weighted by Crippen LogP contribution is 2.24. The minimum Gasteiger partial charge on any atom is -0.379 e. The van der Waals surface area contributed by atoms with Gasteiger partial charge < -0.3 is 10.7 Å². The molecule has 0 aliphatic rings. The van der Waals surface area contributed by atoms with E-state index in [0.29, 0.717) is 17.9 Å². The summed E-state index contributed by atoms with van der Waals surface area (Å²) in [6.07, 6.45) is 1.83. The number of nitrogens with two attached hydrogens (primary N) is 1. The number of non-ortho nitro benzene ring substituents is 1. The summed E-state index contributed by atoms with van der Waals surface area (Å²) in [5.74, 6) is 5.28. The van der Waals surface area contributed by atoms with Crippen molar-refractivity contribution in [3.8, 4) is 0 Å². The molecular weight excluding hydrogens is 248 g/mol. The van der Waals surface area contributed by atoms with Gasteiger partial charge in [0.25, 0.3) is 5.69 Å². The summed E-state index contributed by atoms with van der Waals surface area (Å²) in [5.41, 5.74) is 4.29. The lowest BCUT2D eigenvalue weighted by molar-refractivity contribution is -0.384. The SMILES string of the molecule is Cn1ccc(CNc2cc(NN)cc([N+](=O)[O-])c2)n1. The fraction of sp³-hybridized carbons (Fsp3) is 0.182. The Morgan fingerprint density at radius 2 is 2.16 bits per heavy atom. The van der Waals surface area contributed by atoms with Crippen molar-refractivity contribution in [3.63, 3.8) is 0 Å². The van der Waals surface area contributed by atoms with Gasteiger partial charge >= 0.3 is 0 Å². The Morgan fingerprint density at radius 3 is 2.74 bits per heavy atom. The molecule has 0 bridgehead atoms. The first-order valence-corrected chi connectivity index (χ1v) is 5.57. The van der Waals surface area contributed by atoms with Crippen LogP contribution in [0.4, 0.5) is 17.1 Å². The molecule has 0 saturated carbocycles. The zero-order valence-corrected chi connectivity index (χ0v) is 10.3. The van der Waals surface area contributed by atoms with Gasteiger partial charge in [0.15, 0.2) is 0 Å². The van der Waals surface area contributed by atoms with E-state index < -0.39 is 4.92 Å². The van der Waals surface area contributed by atoms with Crippen LogP contribution < -0.4 is 16.6 Å². The van der Waals surface area contributed by atoms with E-state index in [9.17, 15) is 10.1 Å². The molecule has 0 fully saturated rings. The van der Waals surface area contributed by atoms with Gasteiger partial charge in [-0.15, -0.1) is 0 Å². The summed E-state index contributed by atoms with van der Waals surface area (Å²) >= 11 is 0. The van der Waals surface area contributed by atoms with Gasteiger partial charge in [-0.3, -0.25) is 20.6 Å². The van der Waals surface area contributed by atoms with Crippen LogP contribution in [0.25, 0.3) is 0 Å². The molecule has 1 aromatic carbocycles. The number of aryl methyl sites for hydroxylation is 1. The van der Waals surface area contributed by atoms with E-state index in [1.54, 1.807) is 10.7 Å². The summed E-state index contributed by atoms with van der Waals surface area (Å²) in [5, 5.41) is 18.1. The van der Waals surface area contributed by atoms with E-state index in [4.69, 9.17) is 5.84 Å². The number of nitrogen functional groups attached to an aromatic ring is 1. The molecule has 0 atom stereocenters. The molecule has 19 heavy (non-hydrogen) atoms. The molecule has 8 nitrogen and oxygen atoms in total. The Balaban J connectivity index is 2.15. The van der Waals surface area contributed by atoms with Gasteiger partial charge in [-0.1, -0.05) is 0 Å². The number of benzene rings is 1. The highest BCUT2D eigenvalue weighted by atomic mass is 16.6. The minimum atomic E-state index is -0.465. The van der Waals surface area contributed by atoms with E-state index in [-0.39, 0.29) is 5.69 Å². The van der Waals surface area contributed by atoms with Crippen LogP contribution in [-0.4, -0.2) is 14.7 Å². The molecule has 0 aliphatic carbocycles. The number of nitro groups is 1. The Morgan fingerprint density at radius 1 is 1.42 bits per heavy atom. The molecule has 2 aromatic rings. The molecule has 0 spiro atoms. The lowest BCUT2D eigenvalue weighted by Gasteiger charge is -2.07. The smallest absolute Gasteiger partial charge is 0.273 e. The molecule has 1 heterocycles. The second kappa shape index (κ2) is 5.36. The normalized spacial score (nSPS) is 10.2. The van der Waals surface area contributed by atoms with Crippen LogP contribution in [0.2, 0.25) is 0 Å². The van der Waals surface area contributed by atoms with Gasteiger partial charge in [-0.25, -0.2) is 0 Å². The van der Waals surface area contributed by atoms with E-state index in [1.165, 1.54) is 12.1 Å². The van der Waals surface area contributed by atoms with Crippen molar-refractivity contribution in [2.45, 2.75) is 6.54 Å². The second-order valence-electron chi connectivity index (χ2n) is 4.00. The number of nitrogens with one attached hydrogen (secondary N) is 2. The Bertz CT molecular complexity index is 595. The van der Waals surface area contributed by atoms with Crippen LogP contribution in [0.15, 0.2) is 30.5 Å². The van der Waals surface area contributed by atoms with Gasteiger partial charge in [-0.2, -0.15) is 5.10 Å². The van der Waals surface area contributed by atoms with Crippen molar-refractivity contribution >= 4 is 17.1 Å². The summed E-state index contributed by atoms with van der Waals surface area (Å²) in [7, 11) is 1.83. The molecule has 0 unspecified atom stereocenters. The summed E-state index contributed by atoms with van der Waals surface area (Å²) in [4.78, 5) is 10.3. The molecule has 0 amide bonds. The quantitative estimate of drug-likeness (QED) is 0.424. The highest BCUT2D eigenvalue weighted by Gasteiger charge is 2.09. The first kappa shape index (κ1) is 12.8. The van der Waals surface area contributed by atoms with Gasteiger partial charge in [0, 0.05) is 31.1 Å². The van der Waals surface area contributed by atoms with Crippen molar-refractivity contribution in [3.05, 3.63) is 46.3 Å². The van der Waals surface area contributed by atoms with Crippen molar-refractivity contribution in [2.24, 2.45) is 12.9 Å². The first-order chi connectivity index (χ1) is 9.08. The van der Waals surface area contributed by atoms with Crippen molar-refractivity contribution in [1.82, 2.24) is 9.78 Å². The van der Waals surface area contributed by atoms with Crippen LogP contribution in [0.3, 0.4) is 0 Å². The maximum atomic E-state index is 10.8. The van der Waals surface area contributed by atoms with E-state index in [1.807, 2.05) is 19.3 Å². The Kier molecular flexibility index (Phi) is 3.62. The predicted molar refractivity (Wildman–Crippen MR) is 71.4 cm³/mol. The molecule has 4 N–H and O–H groups in total. The van der Waals surface area contributed by atoms with Crippen molar-refractivity contribution in [1.29, 1.82) is 0 Å². The number of nitrogens with zero attached hydrogens (tertiary/aromatic N) is 3. The van der Waals surface area contributed by atoms with Crippen LogP contribution in [-0.2, 0) is 13.6 Å². The highest BCUT2D eigenvalue weighted by molar-refractivity contribution is 5.63. The number of hydrazine groups is 1. The van der Waals surface area contributed by atoms with Crippen LogP contribution in [0.5, 0.6) is 0 Å². The third-order valence-electron chi connectivity index (χ3n) is 2.54. The maximum absolute atomic E-state index is 10.8. The maximum Gasteiger partial charge on any atom is 0.273 e. The number of hydrogen-bond acceptors (Lipinski definition) is 6. The van der Waals surface area contributed by atoms with Crippen LogP contribution in [0.1, 0.15) is 5.69 Å². The number of anilines is 2.